The normalized spacial score (nSPS) is 18.6. The fraction of sp³-hybridized carbons (Fsp3) is 0.538. The van der Waals surface area contributed by atoms with E-state index < -0.39 is 0 Å². The van der Waals surface area contributed by atoms with Crippen LogP contribution in [0.15, 0.2) is 29.5 Å². The molecular formula is C13H19N3S. The van der Waals surface area contributed by atoms with Gasteiger partial charge in [0.25, 0.3) is 0 Å². The Kier molecular flexibility index (Phi) is 4.05. The van der Waals surface area contributed by atoms with Crippen LogP contribution in [0.2, 0.25) is 0 Å². The molecule has 2 heterocycles. The summed E-state index contributed by atoms with van der Waals surface area (Å²) in [5, 5.41) is 4.48. The average molecular weight is 249 g/mol. The summed E-state index contributed by atoms with van der Waals surface area (Å²) in [6.07, 6.45) is 4.72. The third-order valence-electron chi connectivity index (χ3n) is 2.66. The number of hydrogen-bond acceptors (Lipinski definition) is 4. The van der Waals surface area contributed by atoms with Crippen LogP contribution in [-0.2, 0) is 6.42 Å². The Morgan fingerprint density at radius 3 is 3.00 bits per heavy atom. The van der Waals surface area contributed by atoms with E-state index in [4.69, 9.17) is 0 Å². The summed E-state index contributed by atoms with van der Waals surface area (Å²) in [4.78, 5) is 8.67. The molecule has 0 fully saturated rings. The van der Waals surface area contributed by atoms with Gasteiger partial charge in [-0.15, -0.1) is 0 Å². The summed E-state index contributed by atoms with van der Waals surface area (Å²) in [6.45, 7) is 6.37. The number of hydrogen-bond donors (Lipinski definition) is 1. The van der Waals surface area contributed by atoms with Gasteiger partial charge in [0.1, 0.15) is 0 Å². The number of aliphatic imine (C=N–C) groups is 1. The van der Waals surface area contributed by atoms with E-state index in [9.17, 15) is 0 Å². The minimum atomic E-state index is 0.346. The zero-order valence-electron chi connectivity index (χ0n) is 10.4. The van der Waals surface area contributed by atoms with Crippen molar-refractivity contribution in [1.82, 2.24) is 10.3 Å². The molecule has 0 aromatic carbocycles. The van der Waals surface area contributed by atoms with Crippen molar-refractivity contribution in [3.8, 4) is 0 Å². The van der Waals surface area contributed by atoms with Crippen molar-refractivity contribution < 1.29 is 0 Å². The maximum absolute atomic E-state index is 4.57. The molecule has 2 rings (SSSR count). The van der Waals surface area contributed by atoms with Crippen LogP contribution in [0.3, 0.4) is 0 Å². The smallest absolute Gasteiger partial charge is 0.156 e. The van der Waals surface area contributed by atoms with Gasteiger partial charge in [0, 0.05) is 31.2 Å². The molecule has 0 saturated carbocycles. The van der Waals surface area contributed by atoms with E-state index in [1.54, 1.807) is 6.20 Å². The molecular weight excluding hydrogens is 230 g/mol. The third kappa shape index (κ3) is 4.04. The number of pyridine rings is 1. The molecule has 0 amide bonds. The van der Waals surface area contributed by atoms with Crippen molar-refractivity contribution in [3.63, 3.8) is 0 Å². The van der Waals surface area contributed by atoms with Crippen molar-refractivity contribution in [2.24, 2.45) is 10.4 Å². The Hall–Kier alpha value is -1.03. The molecule has 0 aliphatic carbocycles. The van der Waals surface area contributed by atoms with E-state index in [-0.39, 0.29) is 0 Å². The van der Waals surface area contributed by atoms with E-state index in [0.29, 0.717) is 5.41 Å². The lowest BCUT2D eigenvalue weighted by molar-refractivity contribution is 0.437. The molecule has 92 valence electrons. The van der Waals surface area contributed by atoms with Crippen molar-refractivity contribution >= 4 is 16.9 Å². The Morgan fingerprint density at radius 1 is 1.47 bits per heavy atom. The maximum atomic E-state index is 4.57. The molecule has 1 N–H and O–H groups in total. The van der Waals surface area contributed by atoms with Crippen LogP contribution in [0, 0.1) is 5.41 Å². The molecule has 0 unspecified atom stereocenters. The molecule has 1 aliphatic rings. The largest absolute Gasteiger partial charge is 0.365 e. The fourth-order valence-electron chi connectivity index (χ4n) is 1.61. The lowest BCUT2D eigenvalue weighted by Crippen LogP contribution is -2.32. The zero-order chi connectivity index (χ0) is 12.1. The van der Waals surface area contributed by atoms with Crippen molar-refractivity contribution in [2.75, 3.05) is 18.8 Å². The summed E-state index contributed by atoms with van der Waals surface area (Å²) < 4.78 is 0. The van der Waals surface area contributed by atoms with Crippen LogP contribution >= 0.6 is 11.8 Å². The third-order valence-corrected chi connectivity index (χ3v) is 4.14. The Labute approximate surface area is 107 Å². The van der Waals surface area contributed by atoms with Crippen LogP contribution in [0.25, 0.3) is 0 Å². The lowest BCUT2D eigenvalue weighted by atomic mass is 9.97. The Bertz CT molecular complexity index is 387. The highest BCUT2D eigenvalue weighted by Crippen LogP contribution is 2.26. The first-order valence-electron chi connectivity index (χ1n) is 5.96. The number of nitrogens with one attached hydrogen (secondary N) is 1. The van der Waals surface area contributed by atoms with Gasteiger partial charge in [-0.1, -0.05) is 31.7 Å². The van der Waals surface area contributed by atoms with Gasteiger partial charge in [-0.05, 0) is 23.5 Å². The maximum Gasteiger partial charge on any atom is 0.156 e. The van der Waals surface area contributed by atoms with Gasteiger partial charge in [0.2, 0.25) is 0 Å². The van der Waals surface area contributed by atoms with Gasteiger partial charge in [-0.25, -0.2) is 0 Å². The molecule has 1 aromatic heterocycles. The minimum absolute atomic E-state index is 0.346. The van der Waals surface area contributed by atoms with E-state index in [1.807, 2.05) is 24.0 Å². The van der Waals surface area contributed by atoms with Crippen LogP contribution < -0.4 is 5.32 Å². The van der Waals surface area contributed by atoms with E-state index in [0.717, 1.165) is 30.4 Å². The Balaban J connectivity index is 1.75. The number of rotatable bonds is 3. The van der Waals surface area contributed by atoms with Crippen LogP contribution in [0.1, 0.15) is 19.4 Å². The van der Waals surface area contributed by atoms with E-state index in [2.05, 4.69) is 35.2 Å². The van der Waals surface area contributed by atoms with E-state index >= 15 is 0 Å². The summed E-state index contributed by atoms with van der Waals surface area (Å²) in [7, 11) is 0. The number of nitrogens with zero attached hydrogens (tertiary/aromatic N) is 2. The predicted octanol–water partition coefficient (Wildman–Crippen LogP) is 2.34. The molecule has 3 nitrogen and oxygen atoms in total. The molecule has 0 atom stereocenters. The standard InChI is InChI=1S/C13H19N3S/c1-13(2)9-16-12(17-10-13)15-7-5-11-4-3-6-14-8-11/h3-4,6,8H,5,7,9-10H2,1-2H3,(H,15,16). The first-order valence-corrected chi connectivity index (χ1v) is 6.94. The van der Waals surface area contributed by atoms with Crippen molar-refractivity contribution in [1.29, 1.82) is 0 Å². The lowest BCUT2D eigenvalue weighted by Gasteiger charge is -2.27. The van der Waals surface area contributed by atoms with Crippen LogP contribution in [-0.4, -0.2) is 29.0 Å². The summed E-state index contributed by atoms with van der Waals surface area (Å²) in [5.74, 6) is 1.14. The number of aromatic nitrogens is 1. The van der Waals surface area contributed by atoms with Gasteiger partial charge < -0.3 is 5.32 Å². The second kappa shape index (κ2) is 5.54. The highest BCUT2D eigenvalue weighted by atomic mass is 32.2. The molecule has 0 radical (unpaired) electrons. The molecule has 4 heteroatoms. The monoisotopic (exact) mass is 249 g/mol. The molecule has 0 saturated heterocycles. The first-order chi connectivity index (χ1) is 8.16. The van der Waals surface area contributed by atoms with Crippen LogP contribution in [0.5, 0.6) is 0 Å². The SMILES string of the molecule is CC1(C)CN=C(NCCc2cccnc2)SC1. The topological polar surface area (TPSA) is 37.3 Å². The molecule has 17 heavy (non-hydrogen) atoms. The summed E-state index contributed by atoms with van der Waals surface area (Å²) >= 11 is 1.83. The summed E-state index contributed by atoms with van der Waals surface area (Å²) in [5.41, 5.74) is 1.61. The summed E-state index contributed by atoms with van der Waals surface area (Å²) in [6, 6.07) is 4.08. The van der Waals surface area contributed by atoms with Gasteiger partial charge in [0.05, 0.1) is 0 Å². The van der Waals surface area contributed by atoms with Crippen molar-refractivity contribution in [2.45, 2.75) is 20.3 Å². The first kappa shape index (κ1) is 12.4. The second-order valence-electron chi connectivity index (χ2n) is 5.11. The van der Waals surface area contributed by atoms with Gasteiger partial charge in [-0.3, -0.25) is 9.98 Å². The molecule has 0 bridgehead atoms. The zero-order valence-corrected chi connectivity index (χ0v) is 11.3. The average Bonchev–Trinajstić information content (AvgIpc) is 2.33. The van der Waals surface area contributed by atoms with E-state index in [1.165, 1.54) is 5.56 Å². The van der Waals surface area contributed by atoms with Crippen LogP contribution in [0.4, 0.5) is 0 Å². The molecule has 0 spiro atoms. The molecule has 1 aromatic rings. The van der Waals surface area contributed by atoms with Gasteiger partial charge in [0.15, 0.2) is 5.17 Å². The van der Waals surface area contributed by atoms with Crippen molar-refractivity contribution in [3.05, 3.63) is 30.1 Å². The second-order valence-corrected chi connectivity index (χ2v) is 6.08. The fourth-order valence-corrected chi connectivity index (χ4v) is 2.59. The van der Waals surface area contributed by atoms with Gasteiger partial charge >= 0.3 is 0 Å². The predicted molar refractivity (Wildman–Crippen MR) is 74.5 cm³/mol. The van der Waals surface area contributed by atoms with Gasteiger partial charge in [-0.2, -0.15) is 0 Å². The Morgan fingerprint density at radius 2 is 2.35 bits per heavy atom. The number of amidine groups is 1. The highest BCUT2D eigenvalue weighted by molar-refractivity contribution is 8.13. The minimum Gasteiger partial charge on any atom is -0.365 e. The number of thioether (sulfide) groups is 1. The quantitative estimate of drug-likeness (QED) is 0.893. The molecule has 1 aliphatic heterocycles. The highest BCUT2D eigenvalue weighted by Gasteiger charge is 2.22.